The molecule has 1 aromatic heterocycles. The Morgan fingerprint density at radius 3 is 2.65 bits per heavy atom. The molecule has 0 bridgehead atoms. The maximum absolute atomic E-state index is 11.9. The van der Waals surface area contributed by atoms with Crippen LogP contribution in [0.2, 0.25) is 5.02 Å². The summed E-state index contributed by atoms with van der Waals surface area (Å²) in [6, 6.07) is 10.5. The van der Waals surface area contributed by atoms with Gasteiger partial charge in [0.2, 0.25) is 0 Å². The van der Waals surface area contributed by atoms with Crippen LogP contribution in [0.25, 0.3) is 0 Å². The zero-order valence-electron chi connectivity index (χ0n) is 12.5. The first-order valence-corrected chi connectivity index (χ1v) is 7.26. The Labute approximate surface area is 138 Å². The Hall–Kier alpha value is -2.44. The molecule has 2 aromatic rings. The minimum absolute atomic E-state index is 0.125. The summed E-state index contributed by atoms with van der Waals surface area (Å²) in [7, 11) is 1.51. The highest BCUT2D eigenvalue weighted by Crippen LogP contribution is 2.24. The lowest BCUT2D eigenvalue weighted by atomic mass is 10.1. The number of aromatic nitrogens is 1. The molecule has 0 unspecified atom stereocenters. The van der Waals surface area contributed by atoms with Gasteiger partial charge in [-0.3, -0.25) is 14.6 Å². The smallest absolute Gasteiger partial charge is 0.313 e. The van der Waals surface area contributed by atoms with E-state index in [0.717, 1.165) is 5.56 Å². The Morgan fingerprint density at radius 2 is 2.00 bits per heavy atom. The number of hydrogen-bond donors (Lipinski definition) is 2. The Balaban J connectivity index is 1.92. The number of halogens is 1. The van der Waals surface area contributed by atoms with Gasteiger partial charge in [0.1, 0.15) is 6.10 Å². The molecule has 1 aromatic carbocycles. The molecular weight excluding hydrogens is 318 g/mol. The van der Waals surface area contributed by atoms with Gasteiger partial charge in [-0.1, -0.05) is 29.8 Å². The van der Waals surface area contributed by atoms with Crippen molar-refractivity contribution in [2.45, 2.75) is 6.10 Å². The molecule has 0 aliphatic heterocycles. The molecule has 6 nitrogen and oxygen atoms in total. The summed E-state index contributed by atoms with van der Waals surface area (Å²) >= 11 is 6.10. The predicted molar refractivity (Wildman–Crippen MR) is 87.1 cm³/mol. The summed E-state index contributed by atoms with van der Waals surface area (Å²) in [5.41, 5.74) is 1.19. The average Bonchev–Trinajstić information content (AvgIpc) is 2.57. The molecule has 0 aliphatic rings. The van der Waals surface area contributed by atoms with E-state index in [0.29, 0.717) is 10.7 Å². The van der Waals surface area contributed by atoms with Crippen LogP contribution in [0.1, 0.15) is 11.7 Å². The molecule has 1 heterocycles. The third kappa shape index (κ3) is 4.77. The molecule has 0 aliphatic carbocycles. The topological polar surface area (TPSA) is 80.3 Å². The van der Waals surface area contributed by atoms with Crippen molar-refractivity contribution in [2.24, 2.45) is 0 Å². The Kier molecular flexibility index (Phi) is 6.08. The maximum Gasteiger partial charge on any atom is 0.313 e. The number of carbonyl (C=O) groups excluding carboxylic acids is 2. The summed E-state index contributed by atoms with van der Waals surface area (Å²) in [4.78, 5) is 27.5. The van der Waals surface area contributed by atoms with Crippen LogP contribution < -0.4 is 10.6 Å². The molecule has 23 heavy (non-hydrogen) atoms. The van der Waals surface area contributed by atoms with E-state index in [1.165, 1.54) is 13.3 Å². The minimum Gasteiger partial charge on any atom is -0.375 e. The first kappa shape index (κ1) is 16.9. The number of hydrogen-bond acceptors (Lipinski definition) is 4. The highest BCUT2D eigenvalue weighted by atomic mass is 35.5. The summed E-state index contributed by atoms with van der Waals surface area (Å²) in [5.74, 6) is -1.53. The molecule has 1 atom stereocenters. The monoisotopic (exact) mass is 333 g/mol. The highest BCUT2D eigenvalue weighted by molar-refractivity contribution is 6.39. The van der Waals surface area contributed by atoms with Gasteiger partial charge in [-0.25, -0.2) is 0 Å². The van der Waals surface area contributed by atoms with Crippen molar-refractivity contribution in [2.75, 3.05) is 19.0 Å². The van der Waals surface area contributed by atoms with Crippen molar-refractivity contribution in [3.8, 4) is 0 Å². The third-order valence-electron chi connectivity index (χ3n) is 3.11. The van der Waals surface area contributed by atoms with Gasteiger partial charge < -0.3 is 15.4 Å². The SMILES string of the molecule is CO[C@@H](CNC(=O)C(=O)Nc1cccnc1)c1ccccc1Cl. The van der Waals surface area contributed by atoms with Crippen LogP contribution in [-0.2, 0) is 14.3 Å². The van der Waals surface area contributed by atoms with E-state index in [4.69, 9.17) is 16.3 Å². The molecule has 0 saturated carbocycles. The summed E-state index contributed by atoms with van der Waals surface area (Å²) < 4.78 is 5.32. The molecule has 7 heteroatoms. The van der Waals surface area contributed by atoms with Crippen LogP contribution in [0.5, 0.6) is 0 Å². The average molecular weight is 334 g/mol. The van der Waals surface area contributed by atoms with Crippen molar-refractivity contribution >= 4 is 29.1 Å². The minimum atomic E-state index is -0.771. The lowest BCUT2D eigenvalue weighted by Crippen LogP contribution is -2.38. The van der Waals surface area contributed by atoms with E-state index in [2.05, 4.69) is 15.6 Å². The maximum atomic E-state index is 11.9. The molecule has 0 radical (unpaired) electrons. The van der Waals surface area contributed by atoms with Crippen LogP contribution >= 0.6 is 11.6 Å². The van der Waals surface area contributed by atoms with Crippen molar-refractivity contribution in [3.05, 3.63) is 59.4 Å². The van der Waals surface area contributed by atoms with Crippen LogP contribution in [0.3, 0.4) is 0 Å². The number of benzene rings is 1. The van der Waals surface area contributed by atoms with Gasteiger partial charge in [-0.15, -0.1) is 0 Å². The summed E-state index contributed by atoms with van der Waals surface area (Å²) in [5, 5.41) is 5.51. The molecular formula is C16H16ClN3O3. The van der Waals surface area contributed by atoms with Crippen LogP contribution in [0.4, 0.5) is 5.69 Å². The van der Waals surface area contributed by atoms with Gasteiger partial charge in [-0.2, -0.15) is 0 Å². The van der Waals surface area contributed by atoms with Crippen molar-refractivity contribution in [3.63, 3.8) is 0 Å². The quantitative estimate of drug-likeness (QED) is 0.822. The normalized spacial score (nSPS) is 11.6. The van der Waals surface area contributed by atoms with Gasteiger partial charge in [0.05, 0.1) is 11.9 Å². The van der Waals surface area contributed by atoms with Crippen LogP contribution in [0.15, 0.2) is 48.8 Å². The second-order valence-electron chi connectivity index (χ2n) is 4.65. The number of ether oxygens (including phenoxy) is 1. The fraction of sp³-hybridized carbons (Fsp3) is 0.188. The lowest BCUT2D eigenvalue weighted by molar-refractivity contribution is -0.136. The molecule has 0 saturated heterocycles. The number of carbonyl (C=O) groups is 2. The Bertz CT molecular complexity index is 679. The first-order chi connectivity index (χ1) is 11.1. The van der Waals surface area contributed by atoms with Gasteiger partial charge in [0.25, 0.3) is 0 Å². The van der Waals surface area contributed by atoms with Crippen molar-refractivity contribution in [1.82, 2.24) is 10.3 Å². The first-order valence-electron chi connectivity index (χ1n) is 6.88. The van der Waals surface area contributed by atoms with Gasteiger partial charge in [-0.05, 0) is 18.2 Å². The Morgan fingerprint density at radius 1 is 1.22 bits per heavy atom. The van der Waals surface area contributed by atoms with Gasteiger partial charge in [0.15, 0.2) is 0 Å². The molecule has 0 fully saturated rings. The fourth-order valence-electron chi connectivity index (χ4n) is 1.95. The van der Waals surface area contributed by atoms with Gasteiger partial charge >= 0.3 is 11.8 Å². The molecule has 120 valence electrons. The standard InChI is InChI=1S/C16H16ClN3O3/c1-23-14(12-6-2-3-7-13(12)17)10-19-15(21)16(22)20-11-5-4-8-18-9-11/h2-9,14H,10H2,1H3,(H,19,21)(H,20,22)/t14-/m0/s1. The van der Waals surface area contributed by atoms with Crippen molar-refractivity contribution in [1.29, 1.82) is 0 Å². The number of rotatable bonds is 5. The molecule has 2 amide bonds. The molecule has 2 rings (SSSR count). The number of nitrogens with zero attached hydrogens (tertiary/aromatic N) is 1. The van der Waals surface area contributed by atoms with E-state index in [1.54, 1.807) is 36.5 Å². The summed E-state index contributed by atoms with van der Waals surface area (Å²) in [6.07, 6.45) is 2.58. The predicted octanol–water partition coefficient (Wildman–Crippen LogP) is 2.18. The van der Waals surface area contributed by atoms with E-state index in [1.807, 2.05) is 6.07 Å². The van der Waals surface area contributed by atoms with E-state index in [-0.39, 0.29) is 6.54 Å². The molecule has 2 N–H and O–H groups in total. The van der Waals surface area contributed by atoms with E-state index >= 15 is 0 Å². The second-order valence-corrected chi connectivity index (χ2v) is 5.06. The third-order valence-corrected chi connectivity index (χ3v) is 3.45. The van der Waals surface area contributed by atoms with Crippen LogP contribution in [0, 0.1) is 0 Å². The zero-order chi connectivity index (χ0) is 16.7. The van der Waals surface area contributed by atoms with Crippen molar-refractivity contribution < 1.29 is 14.3 Å². The van der Waals surface area contributed by atoms with E-state index in [9.17, 15) is 9.59 Å². The number of amides is 2. The number of nitrogens with one attached hydrogen (secondary N) is 2. The fourth-order valence-corrected chi connectivity index (χ4v) is 2.20. The van der Waals surface area contributed by atoms with Crippen LogP contribution in [-0.4, -0.2) is 30.5 Å². The summed E-state index contributed by atoms with van der Waals surface area (Å²) in [6.45, 7) is 0.125. The molecule has 0 spiro atoms. The number of anilines is 1. The largest absolute Gasteiger partial charge is 0.375 e. The number of pyridine rings is 1. The zero-order valence-corrected chi connectivity index (χ0v) is 13.2. The highest BCUT2D eigenvalue weighted by Gasteiger charge is 2.18. The van der Waals surface area contributed by atoms with E-state index < -0.39 is 17.9 Å². The van der Waals surface area contributed by atoms with Gasteiger partial charge in [0, 0.05) is 30.4 Å². The lowest BCUT2D eigenvalue weighted by Gasteiger charge is -2.17. The second kappa shape index (κ2) is 8.26. The number of methoxy groups -OCH3 is 1.